The van der Waals surface area contributed by atoms with E-state index in [2.05, 4.69) is 5.32 Å². The number of urea groups is 1. The number of benzene rings is 1. The lowest BCUT2D eigenvalue weighted by molar-refractivity contribution is -0.141. The summed E-state index contributed by atoms with van der Waals surface area (Å²) in [6.07, 6.45) is 3.95. The smallest absolute Gasteiger partial charge is 0.336 e. The SMILES string of the molecule is O=C(CN1C(=O)NC2(CCCCC2)C1=O)Oc1ccc2ccc(=O)oc2c1. The zero-order chi connectivity index (χ0) is 19.0. The number of hydrogen-bond acceptors (Lipinski definition) is 6. The van der Waals surface area contributed by atoms with Gasteiger partial charge in [0.25, 0.3) is 5.91 Å². The third-order valence-corrected chi connectivity index (χ3v) is 5.07. The normalized spacial score (nSPS) is 18.7. The van der Waals surface area contributed by atoms with E-state index in [-0.39, 0.29) is 17.2 Å². The number of imide groups is 1. The average Bonchev–Trinajstić information content (AvgIpc) is 2.86. The predicted molar refractivity (Wildman–Crippen MR) is 94.2 cm³/mol. The molecule has 4 rings (SSSR count). The molecule has 3 amide bonds. The van der Waals surface area contributed by atoms with E-state index in [9.17, 15) is 19.2 Å². The van der Waals surface area contributed by atoms with E-state index < -0.39 is 29.7 Å². The molecule has 0 radical (unpaired) electrons. The van der Waals surface area contributed by atoms with Crippen molar-refractivity contribution < 1.29 is 23.5 Å². The monoisotopic (exact) mass is 370 g/mol. The van der Waals surface area contributed by atoms with E-state index in [0.717, 1.165) is 24.2 Å². The van der Waals surface area contributed by atoms with Gasteiger partial charge in [0.1, 0.15) is 23.4 Å². The van der Waals surface area contributed by atoms with E-state index in [1.165, 1.54) is 12.1 Å². The van der Waals surface area contributed by atoms with E-state index in [4.69, 9.17) is 9.15 Å². The lowest BCUT2D eigenvalue weighted by Gasteiger charge is -2.30. The van der Waals surface area contributed by atoms with Gasteiger partial charge in [-0.1, -0.05) is 19.3 Å². The van der Waals surface area contributed by atoms with Gasteiger partial charge in [-0.25, -0.2) is 14.4 Å². The lowest BCUT2D eigenvalue weighted by atomic mass is 9.82. The van der Waals surface area contributed by atoms with E-state index in [1.807, 2.05) is 0 Å². The molecule has 8 heteroatoms. The number of carbonyl (C=O) groups is 3. The predicted octanol–water partition coefficient (Wildman–Crippen LogP) is 1.95. The molecular formula is C19H18N2O6. The quantitative estimate of drug-likeness (QED) is 0.383. The van der Waals surface area contributed by atoms with Crippen LogP contribution < -0.4 is 15.7 Å². The number of rotatable bonds is 3. The Bertz CT molecular complexity index is 989. The summed E-state index contributed by atoms with van der Waals surface area (Å²) in [7, 11) is 0. The molecule has 2 heterocycles. The molecule has 8 nitrogen and oxygen atoms in total. The van der Waals surface area contributed by atoms with Crippen molar-refractivity contribution in [1.29, 1.82) is 0 Å². The molecule has 1 N–H and O–H groups in total. The first-order valence-electron chi connectivity index (χ1n) is 8.86. The highest BCUT2D eigenvalue weighted by molar-refractivity contribution is 6.08. The first-order valence-corrected chi connectivity index (χ1v) is 8.86. The molecule has 1 aliphatic heterocycles. The molecule has 0 bridgehead atoms. The number of nitrogens with zero attached hydrogens (tertiary/aromatic N) is 1. The van der Waals surface area contributed by atoms with Gasteiger partial charge < -0.3 is 14.5 Å². The minimum atomic E-state index is -0.873. The van der Waals surface area contributed by atoms with Crippen LogP contribution in [0, 0.1) is 0 Å². The molecule has 0 atom stereocenters. The number of ether oxygens (including phenoxy) is 1. The topological polar surface area (TPSA) is 106 Å². The Kier molecular flexibility index (Phi) is 4.18. The summed E-state index contributed by atoms with van der Waals surface area (Å²) < 4.78 is 10.3. The van der Waals surface area contributed by atoms with E-state index in [1.54, 1.807) is 18.2 Å². The van der Waals surface area contributed by atoms with Crippen LogP contribution >= 0.6 is 0 Å². The molecule has 2 aromatic rings. The number of fused-ring (bicyclic) bond motifs is 1. The molecule has 1 spiro atoms. The lowest BCUT2D eigenvalue weighted by Crippen LogP contribution is -2.48. The van der Waals surface area contributed by atoms with Crippen LogP contribution in [0.1, 0.15) is 32.1 Å². The van der Waals surface area contributed by atoms with Crippen molar-refractivity contribution in [2.45, 2.75) is 37.6 Å². The highest BCUT2D eigenvalue weighted by Crippen LogP contribution is 2.33. The fourth-order valence-corrected chi connectivity index (χ4v) is 3.71. The fraction of sp³-hybridized carbons (Fsp3) is 0.368. The van der Waals surface area contributed by atoms with Gasteiger partial charge in [0.15, 0.2) is 0 Å². The summed E-state index contributed by atoms with van der Waals surface area (Å²) in [5, 5.41) is 3.43. The number of amides is 3. The summed E-state index contributed by atoms with van der Waals surface area (Å²) in [5.41, 5.74) is -1.10. The highest BCUT2D eigenvalue weighted by atomic mass is 16.5. The van der Waals surface area contributed by atoms with Crippen LogP contribution in [0.25, 0.3) is 11.0 Å². The molecule has 1 aliphatic carbocycles. The second-order valence-corrected chi connectivity index (χ2v) is 6.89. The maximum atomic E-state index is 12.7. The maximum absolute atomic E-state index is 12.7. The third-order valence-electron chi connectivity index (χ3n) is 5.07. The first-order chi connectivity index (χ1) is 13.0. The number of nitrogens with one attached hydrogen (secondary N) is 1. The molecule has 2 aliphatic rings. The van der Waals surface area contributed by atoms with Crippen LogP contribution in [0.4, 0.5) is 4.79 Å². The van der Waals surface area contributed by atoms with Crippen LogP contribution in [0.15, 0.2) is 39.5 Å². The zero-order valence-electron chi connectivity index (χ0n) is 14.5. The summed E-state index contributed by atoms with van der Waals surface area (Å²) in [6.45, 7) is -0.469. The van der Waals surface area contributed by atoms with Crippen LogP contribution in [-0.2, 0) is 9.59 Å². The van der Waals surface area contributed by atoms with Crippen LogP contribution in [0.2, 0.25) is 0 Å². The van der Waals surface area contributed by atoms with E-state index >= 15 is 0 Å². The fourth-order valence-electron chi connectivity index (χ4n) is 3.71. The van der Waals surface area contributed by atoms with Crippen molar-refractivity contribution in [3.63, 3.8) is 0 Å². The Morgan fingerprint density at radius 2 is 1.85 bits per heavy atom. The van der Waals surface area contributed by atoms with Crippen molar-refractivity contribution in [1.82, 2.24) is 10.2 Å². The summed E-state index contributed by atoms with van der Waals surface area (Å²) in [5.74, 6) is -0.945. The van der Waals surface area contributed by atoms with Crippen molar-refractivity contribution in [3.8, 4) is 5.75 Å². The summed E-state index contributed by atoms with van der Waals surface area (Å²) >= 11 is 0. The number of esters is 1. The Balaban J connectivity index is 1.47. The minimum absolute atomic E-state index is 0.168. The minimum Gasteiger partial charge on any atom is -0.425 e. The molecule has 2 fully saturated rings. The number of hydrogen-bond donors (Lipinski definition) is 1. The van der Waals surface area contributed by atoms with Gasteiger partial charge in [0.2, 0.25) is 0 Å². The van der Waals surface area contributed by atoms with Crippen molar-refractivity contribution in [2.75, 3.05) is 6.54 Å². The van der Waals surface area contributed by atoms with E-state index in [0.29, 0.717) is 18.2 Å². The third kappa shape index (κ3) is 3.18. The zero-order valence-corrected chi connectivity index (χ0v) is 14.5. The highest BCUT2D eigenvalue weighted by Gasteiger charge is 2.51. The van der Waals surface area contributed by atoms with Gasteiger partial charge >= 0.3 is 17.6 Å². The molecular weight excluding hydrogens is 352 g/mol. The Morgan fingerprint density at radius 3 is 2.63 bits per heavy atom. The van der Waals surface area contributed by atoms with Gasteiger partial charge in [-0.2, -0.15) is 0 Å². The molecule has 1 saturated heterocycles. The Labute approximate surface area is 154 Å². The summed E-state index contributed by atoms with van der Waals surface area (Å²) in [6, 6.07) is 6.95. The number of carbonyl (C=O) groups excluding carboxylic acids is 3. The molecule has 27 heavy (non-hydrogen) atoms. The van der Waals surface area contributed by atoms with Crippen molar-refractivity contribution in [3.05, 3.63) is 40.8 Å². The van der Waals surface area contributed by atoms with Gasteiger partial charge in [-0.3, -0.25) is 9.69 Å². The largest absolute Gasteiger partial charge is 0.425 e. The van der Waals surface area contributed by atoms with Crippen LogP contribution in [-0.4, -0.2) is 34.9 Å². The average molecular weight is 370 g/mol. The van der Waals surface area contributed by atoms with Gasteiger partial charge in [0.05, 0.1) is 0 Å². The van der Waals surface area contributed by atoms with Crippen molar-refractivity contribution in [2.24, 2.45) is 0 Å². The maximum Gasteiger partial charge on any atom is 0.336 e. The standard InChI is InChI=1S/C19H18N2O6/c22-15-7-5-12-4-6-13(10-14(12)27-15)26-16(23)11-21-17(24)19(20-18(21)25)8-2-1-3-9-19/h4-7,10H,1-3,8-9,11H2,(H,20,25). The Morgan fingerprint density at radius 1 is 1.11 bits per heavy atom. The first kappa shape index (κ1) is 17.3. The second kappa shape index (κ2) is 6.53. The molecule has 0 unspecified atom stereocenters. The molecule has 1 saturated carbocycles. The van der Waals surface area contributed by atoms with Gasteiger partial charge in [-0.15, -0.1) is 0 Å². The molecule has 140 valence electrons. The summed E-state index contributed by atoms with van der Waals surface area (Å²) in [4.78, 5) is 49.3. The second-order valence-electron chi connectivity index (χ2n) is 6.89. The van der Waals surface area contributed by atoms with Gasteiger partial charge in [0, 0.05) is 17.5 Å². The Hall–Kier alpha value is -3.16. The molecule has 1 aromatic carbocycles. The van der Waals surface area contributed by atoms with Crippen LogP contribution in [0.5, 0.6) is 5.75 Å². The van der Waals surface area contributed by atoms with Crippen LogP contribution in [0.3, 0.4) is 0 Å². The van der Waals surface area contributed by atoms with Crippen molar-refractivity contribution >= 4 is 28.9 Å². The molecule has 1 aromatic heterocycles. The van der Waals surface area contributed by atoms with Gasteiger partial charge in [-0.05, 0) is 31.0 Å².